The Morgan fingerprint density at radius 2 is 1.25 bits per heavy atom. The van der Waals surface area contributed by atoms with E-state index in [-0.39, 0.29) is 6.04 Å². The molecule has 2 nitrogen and oxygen atoms in total. The third-order valence-corrected chi connectivity index (χ3v) is 4.43. The first-order valence-electron chi connectivity index (χ1n) is 9.26. The van der Waals surface area contributed by atoms with E-state index >= 15 is 0 Å². The van der Waals surface area contributed by atoms with Crippen LogP contribution < -0.4 is 0 Å². The Hall–Kier alpha value is -1.64. The molecule has 1 heterocycles. The van der Waals surface area contributed by atoms with E-state index in [1.165, 1.54) is 0 Å². The number of aliphatic hydroxyl groups is 1. The highest BCUT2D eigenvalue weighted by Crippen LogP contribution is 2.39. The summed E-state index contributed by atoms with van der Waals surface area (Å²) < 4.78 is 0. The van der Waals surface area contributed by atoms with Gasteiger partial charge in [-0.25, -0.2) is 0 Å². The lowest BCUT2D eigenvalue weighted by Crippen LogP contribution is -2.46. The SMILES string of the molecule is CC.CC.CN1CCCC1C(O)(c1ccccc1)c1ccccc1. The zero-order valence-corrected chi connectivity index (χ0v) is 15.9. The van der Waals surface area contributed by atoms with Gasteiger partial charge in [0.2, 0.25) is 0 Å². The molecule has 0 amide bonds. The molecule has 132 valence electrons. The molecule has 1 N–H and O–H groups in total. The molecule has 1 fully saturated rings. The van der Waals surface area contributed by atoms with Gasteiger partial charge in [0.25, 0.3) is 0 Å². The second-order valence-corrected chi connectivity index (χ2v) is 5.64. The molecule has 1 saturated heterocycles. The first-order valence-corrected chi connectivity index (χ1v) is 9.26. The van der Waals surface area contributed by atoms with Crippen LogP contribution in [-0.4, -0.2) is 29.6 Å². The maximum atomic E-state index is 11.6. The molecule has 1 unspecified atom stereocenters. The van der Waals surface area contributed by atoms with Crippen LogP contribution in [0.15, 0.2) is 60.7 Å². The van der Waals surface area contributed by atoms with E-state index in [9.17, 15) is 5.11 Å². The Balaban J connectivity index is 0.000000671. The highest BCUT2D eigenvalue weighted by atomic mass is 16.3. The van der Waals surface area contributed by atoms with Crippen molar-refractivity contribution in [3.63, 3.8) is 0 Å². The lowest BCUT2D eigenvalue weighted by atomic mass is 9.79. The molecule has 0 spiro atoms. The van der Waals surface area contributed by atoms with Crippen molar-refractivity contribution >= 4 is 0 Å². The summed E-state index contributed by atoms with van der Waals surface area (Å²) >= 11 is 0. The van der Waals surface area contributed by atoms with Gasteiger partial charge in [0, 0.05) is 6.04 Å². The van der Waals surface area contributed by atoms with E-state index in [0.717, 1.165) is 30.5 Å². The number of nitrogens with zero attached hydrogens (tertiary/aromatic N) is 1. The standard InChI is InChI=1S/C18H21NO.2C2H6/c1-19-14-8-13-17(19)18(20,15-9-4-2-5-10-15)16-11-6-3-7-12-16;2*1-2/h2-7,9-12,17,20H,8,13-14H2,1H3;2*1-2H3. The van der Waals surface area contributed by atoms with Crippen molar-refractivity contribution in [2.24, 2.45) is 0 Å². The Kier molecular flexibility index (Phi) is 8.73. The fourth-order valence-electron chi connectivity index (χ4n) is 3.37. The Morgan fingerprint density at radius 3 is 1.58 bits per heavy atom. The summed E-state index contributed by atoms with van der Waals surface area (Å²) in [4.78, 5) is 2.28. The molecule has 2 heteroatoms. The van der Waals surface area contributed by atoms with Crippen LogP contribution in [0.5, 0.6) is 0 Å². The lowest BCUT2D eigenvalue weighted by Gasteiger charge is -2.38. The molecule has 0 bridgehead atoms. The van der Waals surface area contributed by atoms with Crippen LogP contribution in [0.3, 0.4) is 0 Å². The van der Waals surface area contributed by atoms with Crippen molar-refractivity contribution in [1.82, 2.24) is 4.90 Å². The topological polar surface area (TPSA) is 23.5 Å². The fourth-order valence-corrected chi connectivity index (χ4v) is 3.37. The molecule has 0 radical (unpaired) electrons. The average molecular weight is 328 g/mol. The van der Waals surface area contributed by atoms with Gasteiger partial charge in [-0.1, -0.05) is 88.4 Å². The predicted molar refractivity (Wildman–Crippen MR) is 104 cm³/mol. The van der Waals surface area contributed by atoms with Crippen molar-refractivity contribution in [2.75, 3.05) is 13.6 Å². The summed E-state index contributed by atoms with van der Waals surface area (Å²) in [6.07, 6.45) is 2.17. The average Bonchev–Trinajstić information content (AvgIpc) is 3.12. The Morgan fingerprint density at radius 1 is 0.833 bits per heavy atom. The van der Waals surface area contributed by atoms with Crippen molar-refractivity contribution in [1.29, 1.82) is 0 Å². The number of rotatable bonds is 3. The van der Waals surface area contributed by atoms with E-state index in [0.29, 0.717) is 0 Å². The van der Waals surface area contributed by atoms with Crippen LogP contribution >= 0.6 is 0 Å². The first-order chi connectivity index (χ1) is 11.7. The molecule has 2 aromatic rings. The maximum absolute atomic E-state index is 11.6. The minimum atomic E-state index is -0.937. The van der Waals surface area contributed by atoms with Crippen LogP contribution in [0.4, 0.5) is 0 Å². The molecule has 3 rings (SSSR count). The summed E-state index contributed by atoms with van der Waals surface area (Å²) in [7, 11) is 2.11. The molecule has 0 aromatic heterocycles. The van der Waals surface area contributed by atoms with Crippen molar-refractivity contribution in [3.05, 3.63) is 71.8 Å². The van der Waals surface area contributed by atoms with Crippen LogP contribution in [0.25, 0.3) is 0 Å². The van der Waals surface area contributed by atoms with Gasteiger partial charge in [-0.05, 0) is 37.6 Å². The van der Waals surface area contributed by atoms with Crippen molar-refractivity contribution < 1.29 is 5.11 Å². The van der Waals surface area contributed by atoms with Gasteiger partial charge in [-0.2, -0.15) is 0 Å². The van der Waals surface area contributed by atoms with Crippen LogP contribution in [0.2, 0.25) is 0 Å². The number of likely N-dealkylation sites (N-methyl/N-ethyl adjacent to an activating group) is 1. The quantitative estimate of drug-likeness (QED) is 0.851. The van der Waals surface area contributed by atoms with Gasteiger partial charge in [0.15, 0.2) is 0 Å². The van der Waals surface area contributed by atoms with Gasteiger partial charge in [0.05, 0.1) is 0 Å². The van der Waals surface area contributed by atoms with Gasteiger partial charge >= 0.3 is 0 Å². The van der Waals surface area contributed by atoms with E-state index in [1.807, 2.05) is 88.4 Å². The molecule has 1 aliphatic heterocycles. The second-order valence-electron chi connectivity index (χ2n) is 5.64. The smallest absolute Gasteiger partial charge is 0.130 e. The van der Waals surface area contributed by atoms with E-state index in [4.69, 9.17) is 0 Å². The summed E-state index contributed by atoms with van der Waals surface area (Å²) in [6, 6.07) is 20.2. The molecule has 24 heavy (non-hydrogen) atoms. The van der Waals surface area contributed by atoms with Gasteiger partial charge in [0.1, 0.15) is 5.60 Å². The zero-order chi connectivity index (χ0) is 18.0. The third-order valence-electron chi connectivity index (χ3n) is 4.43. The van der Waals surface area contributed by atoms with Crippen molar-refractivity contribution in [2.45, 2.75) is 52.2 Å². The number of likely N-dealkylation sites (tertiary alicyclic amines) is 1. The highest BCUT2D eigenvalue weighted by Gasteiger charge is 2.43. The van der Waals surface area contributed by atoms with Gasteiger partial charge in [-0.15, -0.1) is 0 Å². The third kappa shape index (κ3) is 4.25. The first kappa shape index (κ1) is 20.4. The summed E-state index contributed by atoms with van der Waals surface area (Å²) in [5, 5.41) is 11.6. The number of hydrogen-bond acceptors (Lipinski definition) is 2. The molecular formula is C22H33NO. The number of benzene rings is 2. The van der Waals surface area contributed by atoms with E-state index in [1.54, 1.807) is 0 Å². The fraction of sp³-hybridized carbons (Fsp3) is 0.455. The van der Waals surface area contributed by atoms with E-state index in [2.05, 4.69) is 11.9 Å². The highest BCUT2D eigenvalue weighted by molar-refractivity contribution is 5.38. The molecule has 1 atom stereocenters. The van der Waals surface area contributed by atoms with Crippen LogP contribution in [0.1, 0.15) is 51.7 Å². The van der Waals surface area contributed by atoms with E-state index < -0.39 is 5.60 Å². The minimum absolute atomic E-state index is 0.132. The number of hydrogen-bond donors (Lipinski definition) is 1. The summed E-state index contributed by atoms with van der Waals surface area (Å²) in [5.74, 6) is 0. The molecule has 0 saturated carbocycles. The Labute approximate surface area is 148 Å². The maximum Gasteiger partial charge on any atom is 0.130 e. The van der Waals surface area contributed by atoms with Crippen LogP contribution in [0, 0.1) is 0 Å². The molecular weight excluding hydrogens is 294 g/mol. The predicted octanol–water partition coefficient (Wildman–Crippen LogP) is 5.07. The normalized spacial score (nSPS) is 17.3. The summed E-state index contributed by atoms with van der Waals surface area (Å²) in [6.45, 7) is 9.05. The second kappa shape index (κ2) is 10.3. The van der Waals surface area contributed by atoms with Gasteiger partial charge in [-0.3, -0.25) is 4.90 Å². The lowest BCUT2D eigenvalue weighted by molar-refractivity contribution is 0.00469. The molecule has 2 aromatic carbocycles. The summed E-state index contributed by atoms with van der Waals surface area (Å²) in [5.41, 5.74) is 1.02. The van der Waals surface area contributed by atoms with Crippen molar-refractivity contribution in [3.8, 4) is 0 Å². The molecule has 1 aliphatic rings. The van der Waals surface area contributed by atoms with Crippen LogP contribution in [-0.2, 0) is 5.60 Å². The monoisotopic (exact) mass is 327 g/mol. The zero-order valence-electron chi connectivity index (χ0n) is 15.9. The van der Waals surface area contributed by atoms with Gasteiger partial charge < -0.3 is 5.11 Å². The Bertz CT molecular complexity index is 513. The molecule has 0 aliphatic carbocycles. The largest absolute Gasteiger partial charge is 0.379 e. The minimum Gasteiger partial charge on any atom is -0.379 e.